The molecule has 1 N–H and O–H groups in total. The molecule has 0 aliphatic rings. The van der Waals surface area contributed by atoms with Gasteiger partial charge in [0.15, 0.2) is 11.6 Å². The van der Waals surface area contributed by atoms with Crippen LogP contribution in [0.25, 0.3) is 0 Å². The Morgan fingerprint density at radius 3 is 2.47 bits per heavy atom. The lowest BCUT2D eigenvalue weighted by Crippen LogP contribution is -2.08. The van der Waals surface area contributed by atoms with Crippen molar-refractivity contribution in [1.29, 1.82) is 0 Å². The second-order valence-electron chi connectivity index (χ2n) is 4.47. The molecule has 2 rings (SSSR count). The van der Waals surface area contributed by atoms with Crippen LogP contribution in [0.15, 0.2) is 36.4 Å². The Morgan fingerprint density at radius 1 is 1.11 bits per heavy atom. The Labute approximate surface area is 116 Å². The van der Waals surface area contributed by atoms with Gasteiger partial charge < -0.3 is 5.32 Å². The summed E-state index contributed by atoms with van der Waals surface area (Å²) in [5, 5.41) is 3.83. The summed E-state index contributed by atoms with van der Waals surface area (Å²) < 4.78 is 26.1. The highest BCUT2D eigenvalue weighted by Crippen LogP contribution is 2.29. The fraction of sp³-hybridized carbons (Fsp3) is 0.200. The van der Waals surface area contributed by atoms with Gasteiger partial charge >= 0.3 is 0 Å². The zero-order valence-electron chi connectivity index (χ0n) is 10.7. The minimum atomic E-state index is -0.845. The highest BCUT2D eigenvalue weighted by Gasteiger charge is 2.11. The number of halogens is 3. The summed E-state index contributed by atoms with van der Waals surface area (Å²) in [6.07, 6.45) is 0. The van der Waals surface area contributed by atoms with E-state index in [1.807, 2.05) is 26.0 Å². The van der Waals surface area contributed by atoms with E-state index in [9.17, 15) is 8.78 Å². The maximum absolute atomic E-state index is 13.2. The van der Waals surface area contributed by atoms with Gasteiger partial charge in [-0.15, -0.1) is 0 Å². The lowest BCUT2D eigenvalue weighted by Gasteiger charge is -2.18. The van der Waals surface area contributed by atoms with E-state index in [2.05, 4.69) is 5.32 Å². The molecule has 2 aromatic carbocycles. The third kappa shape index (κ3) is 3.04. The summed E-state index contributed by atoms with van der Waals surface area (Å²) in [6.45, 7) is 3.81. The first kappa shape index (κ1) is 13.8. The summed E-state index contributed by atoms with van der Waals surface area (Å²) in [7, 11) is 0. The van der Waals surface area contributed by atoms with Gasteiger partial charge in [-0.05, 0) is 43.2 Å². The Morgan fingerprint density at radius 2 is 1.84 bits per heavy atom. The second kappa shape index (κ2) is 5.57. The summed E-state index contributed by atoms with van der Waals surface area (Å²) in [5.74, 6) is -1.69. The molecule has 0 aliphatic carbocycles. The molecule has 0 amide bonds. The maximum atomic E-state index is 13.2. The van der Waals surface area contributed by atoms with Crippen LogP contribution >= 0.6 is 11.6 Å². The van der Waals surface area contributed by atoms with Crippen molar-refractivity contribution in [3.8, 4) is 0 Å². The molecule has 1 nitrogen and oxygen atoms in total. The van der Waals surface area contributed by atoms with E-state index >= 15 is 0 Å². The van der Waals surface area contributed by atoms with E-state index in [1.165, 1.54) is 6.07 Å². The molecule has 100 valence electrons. The van der Waals surface area contributed by atoms with Crippen molar-refractivity contribution in [1.82, 2.24) is 0 Å². The number of anilines is 1. The zero-order chi connectivity index (χ0) is 14.0. The molecule has 1 unspecified atom stereocenters. The first-order chi connectivity index (χ1) is 8.99. The van der Waals surface area contributed by atoms with Gasteiger partial charge in [0, 0.05) is 6.04 Å². The van der Waals surface area contributed by atoms with Gasteiger partial charge in [0.25, 0.3) is 0 Å². The van der Waals surface area contributed by atoms with E-state index in [0.29, 0.717) is 10.6 Å². The van der Waals surface area contributed by atoms with Crippen molar-refractivity contribution in [3.63, 3.8) is 0 Å². The number of rotatable bonds is 3. The van der Waals surface area contributed by atoms with Crippen LogP contribution in [-0.4, -0.2) is 0 Å². The number of aryl methyl sites for hydroxylation is 1. The number of hydrogen-bond donors (Lipinski definition) is 1. The fourth-order valence-electron chi connectivity index (χ4n) is 1.90. The number of benzene rings is 2. The third-order valence-corrected chi connectivity index (χ3v) is 3.34. The van der Waals surface area contributed by atoms with Crippen molar-refractivity contribution >= 4 is 17.3 Å². The van der Waals surface area contributed by atoms with E-state index in [4.69, 9.17) is 11.6 Å². The molecule has 4 heteroatoms. The molecule has 0 aliphatic heterocycles. The number of hydrogen-bond acceptors (Lipinski definition) is 1. The first-order valence-corrected chi connectivity index (χ1v) is 6.33. The van der Waals surface area contributed by atoms with Crippen LogP contribution < -0.4 is 5.32 Å². The first-order valence-electron chi connectivity index (χ1n) is 5.95. The number of para-hydroxylation sites is 1. The van der Waals surface area contributed by atoms with Crippen molar-refractivity contribution in [2.75, 3.05) is 5.32 Å². The average molecular weight is 282 g/mol. The molecule has 19 heavy (non-hydrogen) atoms. The van der Waals surface area contributed by atoms with Crippen LogP contribution in [0.1, 0.15) is 24.1 Å². The minimum absolute atomic E-state index is 0.173. The lowest BCUT2D eigenvalue weighted by molar-refractivity contribution is 0.506. The van der Waals surface area contributed by atoms with Crippen molar-refractivity contribution in [3.05, 3.63) is 64.2 Å². The van der Waals surface area contributed by atoms with Gasteiger partial charge in [-0.3, -0.25) is 0 Å². The third-order valence-electron chi connectivity index (χ3n) is 3.03. The molecule has 0 saturated carbocycles. The Hall–Kier alpha value is -1.61. The van der Waals surface area contributed by atoms with Crippen molar-refractivity contribution < 1.29 is 8.78 Å². The Kier molecular flexibility index (Phi) is 4.05. The standard InChI is InChI=1S/C15H14ClF2N/c1-9-4-3-5-12(16)15(9)19-10(2)11-6-7-13(17)14(18)8-11/h3-8,10,19H,1-2H3. The number of nitrogens with one attached hydrogen (secondary N) is 1. The summed E-state index contributed by atoms with van der Waals surface area (Å²) in [6, 6.07) is 9.30. The van der Waals surface area contributed by atoms with Crippen LogP contribution in [-0.2, 0) is 0 Å². The van der Waals surface area contributed by atoms with Crippen LogP contribution in [0.3, 0.4) is 0 Å². The predicted molar refractivity (Wildman–Crippen MR) is 74.6 cm³/mol. The molecule has 0 heterocycles. The maximum Gasteiger partial charge on any atom is 0.159 e. The van der Waals surface area contributed by atoms with Crippen LogP contribution in [0.5, 0.6) is 0 Å². The van der Waals surface area contributed by atoms with E-state index < -0.39 is 11.6 Å². The van der Waals surface area contributed by atoms with Crippen LogP contribution in [0.4, 0.5) is 14.5 Å². The molecule has 0 radical (unpaired) electrons. The van der Waals surface area contributed by atoms with E-state index in [1.54, 1.807) is 12.1 Å². The van der Waals surface area contributed by atoms with Gasteiger partial charge in [0.1, 0.15) is 0 Å². The molecule has 0 saturated heterocycles. The second-order valence-corrected chi connectivity index (χ2v) is 4.88. The molecule has 0 bridgehead atoms. The molecule has 2 aromatic rings. The zero-order valence-corrected chi connectivity index (χ0v) is 11.4. The van der Waals surface area contributed by atoms with Crippen molar-refractivity contribution in [2.45, 2.75) is 19.9 Å². The molecular weight excluding hydrogens is 268 g/mol. The largest absolute Gasteiger partial charge is 0.377 e. The predicted octanol–water partition coefficient (Wildman–Crippen LogP) is 5.10. The summed E-state index contributed by atoms with van der Waals surface area (Å²) >= 11 is 6.12. The quantitative estimate of drug-likeness (QED) is 0.825. The molecule has 0 spiro atoms. The van der Waals surface area contributed by atoms with Crippen LogP contribution in [0.2, 0.25) is 5.02 Å². The fourth-order valence-corrected chi connectivity index (χ4v) is 2.17. The van der Waals surface area contributed by atoms with Gasteiger partial charge in [-0.2, -0.15) is 0 Å². The van der Waals surface area contributed by atoms with E-state index in [0.717, 1.165) is 17.3 Å². The monoisotopic (exact) mass is 281 g/mol. The molecule has 0 aromatic heterocycles. The molecular formula is C15H14ClF2N. The minimum Gasteiger partial charge on any atom is -0.377 e. The Bertz CT molecular complexity index is 578. The van der Waals surface area contributed by atoms with Gasteiger partial charge in [0.2, 0.25) is 0 Å². The topological polar surface area (TPSA) is 12.0 Å². The Balaban J connectivity index is 2.25. The van der Waals surface area contributed by atoms with Gasteiger partial charge in [-0.25, -0.2) is 8.78 Å². The normalized spacial score (nSPS) is 12.3. The smallest absolute Gasteiger partial charge is 0.159 e. The SMILES string of the molecule is Cc1cccc(Cl)c1NC(C)c1ccc(F)c(F)c1. The highest BCUT2D eigenvalue weighted by atomic mass is 35.5. The van der Waals surface area contributed by atoms with Gasteiger partial charge in [-0.1, -0.05) is 29.8 Å². The van der Waals surface area contributed by atoms with Crippen molar-refractivity contribution in [2.24, 2.45) is 0 Å². The van der Waals surface area contributed by atoms with Crippen LogP contribution in [0, 0.1) is 18.6 Å². The summed E-state index contributed by atoms with van der Waals surface area (Å²) in [4.78, 5) is 0. The lowest BCUT2D eigenvalue weighted by atomic mass is 10.1. The highest BCUT2D eigenvalue weighted by molar-refractivity contribution is 6.33. The molecule has 0 fully saturated rings. The van der Waals surface area contributed by atoms with Gasteiger partial charge in [0.05, 0.1) is 10.7 Å². The molecule has 1 atom stereocenters. The van der Waals surface area contributed by atoms with E-state index in [-0.39, 0.29) is 6.04 Å². The average Bonchev–Trinajstić information content (AvgIpc) is 2.37. The summed E-state index contributed by atoms with van der Waals surface area (Å²) in [5.41, 5.74) is 2.47.